The van der Waals surface area contributed by atoms with Crippen LogP contribution in [0.4, 0.5) is 0 Å². The van der Waals surface area contributed by atoms with Gasteiger partial charge in [0.15, 0.2) is 0 Å². The van der Waals surface area contributed by atoms with Crippen LogP contribution in [0.25, 0.3) is 11.1 Å². The van der Waals surface area contributed by atoms with Gasteiger partial charge in [-0.3, -0.25) is 14.5 Å². The van der Waals surface area contributed by atoms with Gasteiger partial charge in [-0.25, -0.2) is 0 Å². The number of hydrogen-bond donors (Lipinski definition) is 0. The summed E-state index contributed by atoms with van der Waals surface area (Å²) in [5.74, 6) is -0.0695. The molecule has 138 valence electrons. The molecule has 0 unspecified atom stereocenters. The summed E-state index contributed by atoms with van der Waals surface area (Å²) < 4.78 is 7.67. The van der Waals surface area contributed by atoms with Crippen LogP contribution < -0.4 is 0 Å². The van der Waals surface area contributed by atoms with Crippen molar-refractivity contribution >= 4 is 5.91 Å². The fourth-order valence-corrected chi connectivity index (χ4v) is 3.47. The molecule has 0 N–H and O–H groups in total. The molecule has 0 spiro atoms. The lowest BCUT2D eigenvalue weighted by Crippen LogP contribution is -2.33. The second-order valence-electron chi connectivity index (χ2n) is 6.86. The molecule has 3 aromatic rings. The number of carbonyl (C=O) groups excluding carboxylic acids is 1. The molecule has 6 heteroatoms. The maximum absolute atomic E-state index is 12.9. The number of hydrogen-bond acceptors (Lipinski definition) is 4. The first-order valence-corrected chi connectivity index (χ1v) is 9.01. The smallest absolute Gasteiger partial charge is 0.255 e. The van der Waals surface area contributed by atoms with Gasteiger partial charge in [-0.1, -0.05) is 24.3 Å². The van der Waals surface area contributed by atoms with Crippen LogP contribution in [-0.4, -0.2) is 45.8 Å². The SMILES string of the molecule is CN(C[C@H]1OCCc2ccccc21)C(=O)c1cncc(-c2cnn(C)c2)c1. The van der Waals surface area contributed by atoms with Gasteiger partial charge in [0.05, 0.1) is 24.9 Å². The van der Waals surface area contributed by atoms with Crippen LogP contribution in [0, 0.1) is 0 Å². The molecule has 0 bridgehead atoms. The van der Waals surface area contributed by atoms with Gasteiger partial charge in [0.25, 0.3) is 5.91 Å². The first-order chi connectivity index (χ1) is 13.1. The highest BCUT2D eigenvalue weighted by molar-refractivity contribution is 5.94. The van der Waals surface area contributed by atoms with Crippen molar-refractivity contribution in [1.82, 2.24) is 19.7 Å². The predicted octanol–water partition coefficient (Wildman–Crippen LogP) is 2.87. The Balaban J connectivity index is 1.52. The lowest BCUT2D eigenvalue weighted by molar-refractivity contribution is 0.0200. The zero-order valence-electron chi connectivity index (χ0n) is 15.5. The van der Waals surface area contributed by atoms with Crippen LogP contribution in [0.15, 0.2) is 55.1 Å². The van der Waals surface area contributed by atoms with E-state index in [1.54, 1.807) is 35.2 Å². The predicted molar refractivity (Wildman–Crippen MR) is 102 cm³/mol. The van der Waals surface area contributed by atoms with E-state index in [0.717, 1.165) is 17.5 Å². The Bertz CT molecular complexity index is 966. The van der Waals surface area contributed by atoms with Gasteiger partial charge in [0.2, 0.25) is 0 Å². The number of fused-ring (bicyclic) bond motifs is 1. The molecule has 1 aliphatic heterocycles. The number of aryl methyl sites for hydroxylation is 1. The second-order valence-corrected chi connectivity index (χ2v) is 6.86. The van der Waals surface area contributed by atoms with Crippen LogP contribution in [0.1, 0.15) is 27.6 Å². The number of likely N-dealkylation sites (N-methyl/N-ethyl adjacent to an activating group) is 1. The van der Waals surface area contributed by atoms with Crippen LogP contribution in [0.3, 0.4) is 0 Å². The largest absolute Gasteiger partial charge is 0.371 e. The van der Waals surface area contributed by atoms with E-state index in [0.29, 0.717) is 18.7 Å². The average molecular weight is 362 g/mol. The summed E-state index contributed by atoms with van der Waals surface area (Å²) in [6, 6.07) is 10.1. The van der Waals surface area contributed by atoms with Gasteiger partial charge >= 0.3 is 0 Å². The standard InChI is InChI=1S/C21H22N4O2/c1-24(14-20-19-6-4-3-5-15(19)7-8-27-20)21(26)17-9-16(10-22-11-17)18-12-23-25(2)13-18/h3-6,9-13,20H,7-8,14H2,1-2H3/t20-/m1/s1. The highest BCUT2D eigenvalue weighted by atomic mass is 16.5. The Hall–Kier alpha value is -2.99. The number of nitrogens with zero attached hydrogens (tertiary/aromatic N) is 4. The molecule has 1 aromatic carbocycles. The molecule has 4 rings (SSSR count). The van der Waals surface area contributed by atoms with E-state index in [1.165, 1.54) is 11.1 Å². The third-order valence-corrected chi connectivity index (χ3v) is 4.90. The molecule has 2 aromatic heterocycles. The summed E-state index contributed by atoms with van der Waals surface area (Å²) in [4.78, 5) is 18.9. The van der Waals surface area contributed by atoms with Gasteiger partial charge in [-0.05, 0) is 23.6 Å². The zero-order chi connectivity index (χ0) is 18.8. The van der Waals surface area contributed by atoms with E-state index < -0.39 is 0 Å². The summed E-state index contributed by atoms with van der Waals surface area (Å²) in [7, 11) is 3.67. The fourth-order valence-electron chi connectivity index (χ4n) is 3.47. The van der Waals surface area contributed by atoms with Crippen molar-refractivity contribution in [2.24, 2.45) is 7.05 Å². The number of amides is 1. The molecule has 1 atom stereocenters. The molecule has 3 heterocycles. The minimum absolute atomic E-state index is 0.0695. The van der Waals surface area contributed by atoms with E-state index >= 15 is 0 Å². The molecular weight excluding hydrogens is 340 g/mol. The Morgan fingerprint density at radius 3 is 2.93 bits per heavy atom. The molecule has 1 amide bonds. The number of rotatable bonds is 4. The fraction of sp³-hybridized carbons (Fsp3) is 0.286. The van der Waals surface area contributed by atoms with E-state index in [2.05, 4.69) is 22.2 Å². The van der Waals surface area contributed by atoms with Crippen molar-refractivity contribution < 1.29 is 9.53 Å². The monoisotopic (exact) mass is 362 g/mol. The van der Waals surface area contributed by atoms with Gasteiger partial charge in [-0.15, -0.1) is 0 Å². The molecule has 1 aliphatic rings. The van der Waals surface area contributed by atoms with Crippen molar-refractivity contribution in [2.45, 2.75) is 12.5 Å². The van der Waals surface area contributed by atoms with Gasteiger partial charge in [0, 0.05) is 43.8 Å². The molecule has 0 radical (unpaired) electrons. The molecule has 0 saturated heterocycles. The normalized spacial score (nSPS) is 16.0. The van der Waals surface area contributed by atoms with E-state index in [1.807, 2.05) is 31.4 Å². The second kappa shape index (κ2) is 7.32. The molecular formula is C21H22N4O2. The Labute approximate surface area is 158 Å². The van der Waals surface area contributed by atoms with E-state index in [-0.39, 0.29) is 12.0 Å². The Morgan fingerprint density at radius 2 is 2.11 bits per heavy atom. The Morgan fingerprint density at radius 1 is 1.26 bits per heavy atom. The van der Waals surface area contributed by atoms with Gasteiger partial charge in [-0.2, -0.15) is 5.10 Å². The van der Waals surface area contributed by atoms with Gasteiger partial charge < -0.3 is 9.64 Å². The highest BCUT2D eigenvalue weighted by Crippen LogP contribution is 2.28. The molecule has 0 saturated carbocycles. The maximum atomic E-state index is 12.9. The van der Waals surface area contributed by atoms with Crippen LogP contribution in [-0.2, 0) is 18.2 Å². The molecule has 0 fully saturated rings. The maximum Gasteiger partial charge on any atom is 0.255 e. The highest BCUT2D eigenvalue weighted by Gasteiger charge is 2.24. The molecule has 0 aliphatic carbocycles. The third-order valence-electron chi connectivity index (χ3n) is 4.90. The quantitative estimate of drug-likeness (QED) is 0.716. The molecule has 6 nitrogen and oxygen atoms in total. The van der Waals surface area contributed by atoms with Crippen LogP contribution in [0.5, 0.6) is 0 Å². The lowest BCUT2D eigenvalue weighted by atomic mass is 9.97. The third kappa shape index (κ3) is 3.61. The number of aromatic nitrogens is 3. The van der Waals surface area contributed by atoms with Crippen LogP contribution >= 0.6 is 0 Å². The van der Waals surface area contributed by atoms with Crippen molar-refractivity contribution in [3.05, 3.63) is 71.8 Å². The lowest BCUT2D eigenvalue weighted by Gasteiger charge is -2.29. The summed E-state index contributed by atoms with van der Waals surface area (Å²) in [5, 5.41) is 4.18. The number of pyridine rings is 1. The van der Waals surface area contributed by atoms with E-state index in [9.17, 15) is 4.79 Å². The van der Waals surface area contributed by atoms with Crippen molar-refractivity contribution in [2.75, 3.05) is 20.2 Å². The van der Waals surface area contributed by atoms with Crippen LogP contribution in [0.2, 0.25) is 0 Å². The number of benzene rings is 1. The summed E-state index contributed by atoms with van der Waals surface area (Å²) in [6.07, 6.45) is 7.84. The summed E-state index contributed by atoms with van der Waals surface area (Å²) in [6.45, 7) is 1.19. The first kappa shape index (κ1) is 17.4. The van der Waals surface area contributed by atoms with Gasteiger partial charge in [0.1, 0.15) is 6.10 Å². The minimum Gasteiger partial charge on any atom is -0.371 e. The van der Waals surface area contributed by atoms with Crippen molar-refractivity contribution in [1.29, 1.82) is 0 Å². The Kier molecular flexibility index (Phi) is 4.73. The average Bonchev–Trinajstić information content (AvgIpc) is 3.14. The topological polar surface area (TPSA) is 60.2 Å². The number of ether oxygens (including phenoxy) is 1. The number of carbonyl (C=O) groups is 1. The van der Waals surface area contributed by atoms with Crippen molar-refractivity contribution in [3.63, 3.8) is 0 Å². The molecule has 27 heavy (non-hydrogen) atoms. The summed E-state index contributed by atoms with van der Waals surface area (Å²) in [5.41, 5.74) is 4.84. The van der Waals surface area contributed by atoms with E-state index in [4.69, 9.17) is 4.74 Å². The minimum atomic E-state index is -0.0987. The zero-order valence-corrected chi connectivity index (χ0v) is 15.5. The summed E-state index contributed by atoms with van der Waals surface area (Å²) >= 11 is 0. The first-order valence-electron chi connectivity index (χ1n) is 9.01. The van der Waals surface area contributed by atoms with Crippen molar-refractivity contribution in [3.8, 4) is 11.1 Å².